The number of halogens is 1. The minimum atomic E-state index is -0.488. The highest BCUT2D eigenvalue weighted by molar-refractivity contribution is 6.30. The fourth-order valence-electron chi connectivity index (χ4n) is 2.80. The number of carbonyl (C=O) groups is 1. The normalized spacial score (nSPS) is 12.4. The van der Waals surface area contributed by atoms with Crippen molar-refractivity contribution < 1.29 is 18.8 Å². The standard InChI is InChI=1S/C23H25ClN2O4/c1-15(14-21(27)29-23(2,3)4)13-20-25-22(26-30-20)16-5-9-18(10-6-16)28-19-11-7-17(24)8-12-19/h5-12,15H,13-14H2,1-4H3/t15-/m1/s1. The Morgan fingerprint density at radius 2 is 1.67 bits per heavy atom. The topological polar surface area (TPSA) is 74.5 Å². The first-order chi connectivity index (χ1) is 14.2. The smallest absolute Gasteiger partial charge is 0.306 e. The van der Waals surface area contributed by atoms with Gasteiger partial charge in [-0.05, 0) is 75.2 Å². The number of nitrogens with zero attached hydrogens (tertiary/aromatic N) is 2. The molecular formula is C23H25ClN2O4. The van der Waals surface area contributed by atoms with E-state index in [0.29, 0.717) is 41.1 Å². The Balaban J connectivity index is 1.57. The SMILES string of the molecule is C[C@@H](CC(=O)OC(C)(C)C)Cc1nc(-c2ccc(Oc3ccc(Cl)cc3)cc2)no1. The second-order valence-electron chi connectivity index (χ2n) is 8.19. The lowest BCUT2D eigenvalue weighted by molar-refractivity contribution is -0.155. The first kappa shape index (κ1) is 21.8. The lowest BCUT2D eigenvalue weighted by Crippen LogP contribution is -2.25. The number of rotatable bonds is 7. The van der Waals surface area contributed by atoms with Gasteiger partial charge in [-0.2, -0.15) is 4.98 Å². The van der Waals surface area contributed by atoms with Crippen LogP contribution >= 0.6 is 11.6 Å². The van der Waals surface area contributed by atoms with Gasteiger partial charge in [0.2, 0.25) is 11.7 Å². The number of aromatic nitrogens is 2. The average Bonchev–Trinajstić information content (AvgIpc) is 3.11. The van der Waals surface area contributed by atoms with E-state index in [9.17, 15) is 4.79 Å². The zero-order valence-electron chi connectivity index (χ0n) is 17.5. The van der Waals surface area contributed by atoms with Gasteiger partial charge in [0.05, 0.1) is 0 Å². The first-order valence-corrected chi connectivity index (χ1v) is 10.1. The highest BCUT2D eigenvalue weighted by atomic mass is 35.5. The van der Waals surface area contributed by atoms with E-state index in [2.05, 4.69) is 10.1 Å². The van der Waals surface area contributed by atoms with Crippen LogP contribution in [0.25, 0.3) is 11.4 Å². The second kappa shape index (κ2) is 9.30. The van der Waals surface area contributed by atoms with Gasteiger partial charge in [-0.3, -0.25) is 4.79 Å². The van der Waals surface area contributed by atoms with Crippen molar-refractivity contribution in [2.24, 2.45) is 5.92 Å². The molecule has 0 saturated heterocycles. The molecule has 7 heteroatoms. The maximum atomic E-state index is 12.0. The zero-order chi connectivity index (χ0) is 21.7. The fourth-order valence-corrected chi connectivity index (χ4v) is 2.93. The number of hydrogen-bond donors (Lipinski definition) is 0. The molecule has 0 aliphatic carbocycles. The number of ether oxygens (including phenoxy) is 2. The molecule has 0 amide bonds. The molecule has 0 radical (unpaired) electrons. The minimum Gasteiger partial charge on any atom is -0.460 e. The van der Waals surface area contributed by atoms with E-state index < -0.39 is 5.60 Å². The van der Waals surface area contributed by atoms with Gasteiger partial charge in [0.25, 0.3) is 0 Å². The summed E-state index contributed by atoms with van der Waals surface area (Å²) in [6, 6.07) is 14.6. The molecule has 30 heavy (non-hydrogen) atoms. The molecule has 0 fully saturated rings. The zero-order valence-corrected chi connectivity index (χ0v) is 18.3. The third kappa shape index (κ3) is 6.59. The third-order valence-corrected chi connectivity index (χ3v) is 4.34. The molecule has 0 spiro atoms. The van der Waals surface area contributed by atoms with Gasteiger partial charge < -0.3 is 14.0 Å². The Morgan fingerprint density at radius 3 is 2.27 bits per heavy atom. The van der Waals surface area contributed by atoms with Gasteiger partial charge >= 0.3 is 5.97 Å². The van der Waals surface area contributed by atoms with Crippen molar-refractivity contribution >= 4 is 17.6 Å². The molecule has 0 bridgehead atoms. The highest BCUT2D eigenvalue weighted by Crippen LogP contribution is 2.26. The lowest BCUT2D eigenvalue weighted by atomic mass is 10.0. The van der Waals surface area contributed by atoms with Gasteiger partial charge in [0.15, 0.2) is 0 Å². The van der Waals surface area contributed by atoms with Gasteiger partial charge in [-0.15, -0.1) is 0 Å². The second-order valence-corrected chi connectivity index (χ2v) is 8.63. The van der Waals surface area contributed by atoms with Crippen LogP contribution in [-0.2, 0) is 16.0 Å². The lowest BCUT2D eigenvalue weighted by Gasteiger charge is -2.20. The number of hydrogen-bond acceptors (Lipinski definition) is 6. The van der Waals surface area contributed by atoms with E-state index in [1.807, 2.05) is 52.0 Å². The highest BCUT2D eigenvalue weighted by Gasteiger charge is 2.20. The van der Waals surface area contributed by atoms with Crippen molar-refractivity contribution in [1.82, 2.24) is 10.1 Å². The van der Waals surface area contributed by atoms with Crippen molar-refractivity contribution in [2.45, 2.75) is 46.1 Å². The minimum absolute atomic E-state index is 0.0308. The Kier molecular flexibility index (Phi) is 6.77. The molecule has 1 aromatic heterocycles. The molecule has 2 aromatic carbocycles. The van der Waals surface area contributed by atoms with Crippen LogP contribution in [0.1, 0.15) is 40.0 Å². The molecule has 0 aliphatic rings. The molecule has 6 nitrogen and oxygen atoms in total. The molecule has 0 aliphatic heterocycles. The first-order valence-electron chi connectivity index (χ1n) is 9.76. The molecule has 158 valence electrons. The van der Waals surface area contributed by atoms with Crippen LogP contribution < -0.4 is 4.74 Å². The molecule has 0 saturated carbocycles. The summed E-state index contributed by atoms with van der Waals surface area (Å²) in [6.45, 7) is 7.51. The van der Waals surface area contributed by atoms with Crippen molar-refractivity contribution in [2.75, 3.05) is 0 Å². The molecule has 0 unspecified atom stereocenters. The van der Waals surface area contributed by atoms with Crippen LogP contribution in [0.5, 0.6) is 11.5 Å². The van der Waals surface area contributed by atoms with Crippen molar-refractivity contribution in [3.05, 3.63) is 59.4 Å². The van der Waals surface area contributed by atoms with E-state index in [-0.39, 0.29) is 11.9 Å². The average molecular weight is 429 g/mol. The van der Waals surface area contributed by atoms with Gasteiger partial charge in [0, 0.05) is 23.4 Å². The predicted molar refractivity (Wildman–Crippen MR) is 115 cm³/mol. The van der Waals surface area contributed by atoms with Gasteiger partial charge in [-0.1, -0.05) is 23.7 Å². The van der Waals surface area contributed by atoms with Crippen LogP contribution in [0, 0.1) is 5.92 Å². The van der Waals surface area contributed by atoms with E-state index >= 15 is 0 Å². The summed E-state index contributed by atoms with van der Waals surface area (Å²) in [5.74, 6) is 2.17. The quantitative estimate of drug-likeness (QED) is 0.423. The van der Waals surface area contributed by atoms with E-state index in [1.54, 1.807) is 24.3 Å². The predicted octanol–water partition coefficient (Wildman–Crippen LogP) is 6.09. The van der Waals surface area contributed by atoms with Crippen LogP contribution in [0.15, 0.2) is 53.1 Å². The summed E-state index contributed by atoms with van der Waals surface area (Å²) in [6.07, 6.45) is 0.801. The molecule has 3 aromatic rings. The Labute approximate surface area is 181 Å². The molecule has 1 heterocycles. The summed E-state index contributed by atoms with van der Waals surface area (Å²) in [5, 5.41) is 4.70. The van der Waals surface area contributed by atoms with Crippen LogP contribution in [-0.4, -0.2) is 21.7 Å². The molecule has 1 atom stereocenters. The summed E-state index contributed by atoms with van der Waals surface area (Å²) in [7, 11) is 0. The van der Waals surface area contributed by atoms with E-state index in [0.717, 1.165) is 5.56 Å². The number of carbonyl (C=O) groups excluding carboxylic acids is 1. The van der Waals surface area contributed by atoms with Crippen molar-refractivity contribution in [1.29, 1.82) is 0 Å². The Hall–Kier alpha value is -2.86. The fraction of sp³-hybridized carbons (Fsp3) is 0.348. The maximum Gasteiger partial charge on any atom is 0.306 e. The molecule has 0 N–H and O–H groups in total. The summed E-state index contributed by atoms with van der Waals surface area (Å²) in [5.41, 5.74) is 0.325. The van der Waals surface area contributed by atoms with E-state index in [1.165, 1.54) is 0 Å². The maximum absolute atomic E-state index is 12.0. The summed E-state index contributed by atoms with van der Waals surface area (Å²) < 4.78 is 16.5. The Morgan fingerprint density at radius 1 is 1.07 bits per heavy atom. The number of benzene rings is 2. The molecular weight excluding hydrogens is 404 g/mol. The monoisotopic (exact) mass is 428 g/mol. The Bertz CT molecular complexity index is 976. The third-order valence-electron chi connectivity index (χ3n) is 4.09. The van der Waals surface area contributed by atoms with Crippen molar-refractivity contribution in [3.8, 4) is 22.9 Å². The van der Waals surface area contributed by atoms with Crippen LogP contribution in [0.3, 0.4) is 0 Å². The van der Waals surface area contributed by atoms with Crippen molar-refractivity contribution in [3.63, 3.8) is 0 Å². The summed E-state index contributed by atoms with van der Waals surface area (Å²) in [4.78, 5) is 16.4. The summed E-state index contributed by atoms with van der Waals surface area (Å²) >= 11 is 5.89. The number of esters is 1. The molecule has 3 rings (SSSR count). The largest absolute Gasteiger partial charge is 0.460 e. The van der Waals surface area contributed by atoms with Crippen LogP contribution in [0.4, 0.5) is 0 Å². The van der Waals surface area contributed by atoms with Gasteiger partial charge in [-0.25, -0.2) is 0 Å². The van der Waals surface area contributed by atoms with Crippen LogP contribution in [0.2, 0.25) is 5.02 Å². The van der Waals surface area contributed by atoms with E-state index in [4.69, 9.17) is 25.6 Å². The van der Waals surface area contributed by atoms with Gasteiger partial charge in [0.1, 0.15) is 17.1 Å².